The third-order valence-corrected chi connectivity index (χ3v) is 4.40. The fourth-order valence-electron chi connectivity index (χ4n) is 2.46. The molecule has 0 saturated carbocycles. The highest BCUT2D eigenvalue weighted by Gasteiger charge is 2.23. The maximum Gasteiger partial charge on any atom is 0.151 e. The van der Waals surface area contributed by atoms with E-state index in [1.165, 1.54) is 0 Å². The standard InChI is InChI=1S/C14H25N3OS/c1-10(2)15-6-13-5-14(18-16-13)9-17-7-11(3)19-12(4)8-17/h5,10-12,15H,6-9H2,1-4H3. The van der Waals surface area contributed by atoms with Crippen molar-refractivity contribution in [3.05, 3.63) is 17.5 Å². The first-order valence-corrected chi connectivity index (χ1v) is 8.03. The van der Waals surface area contributed by atoms with Gasteiger partial charge in [0.25, 0.3) is 0 Å². The summed E-state index contributed by atoms with van der Waals surface area (Å²) in [5, 5.41) is 8.88. The van der Waals surface area contributed by atoms with Crippen LogP contribution in [0.25, 0.3) is 0 Å². The molecule has 0 aliphatic carbocycles. The molecule has 0 bridgehead atoms. The second kappa shape index (κ2) is 6.77. The van der Waals surface area contributed by atoms with Gasteiger partial charge in [0.2, 0.25) is 0 Å². The molecule has 1 aromatic rings. The highest BCUT2D eigenvalue weighted by molar-refractivity contribution is 8.00. The lowest BCUT2D eigenvalue weighted by molar-refractivity contribution is 0.228. The first-order chi connectivity index (χ1) is 9.02. The van der Waals surface area contributed by atoms with Crippen molar-refractivity contribution in [3.8, 4) is 0 Å². The van der Waals surface area contributed by atoms with Crippen LogP contribution in [-0.4, -0.2) is 39.7 Å². The number of hydrogen-bond donors (Lipinski definition) is 1. The number of aromatic nitrogens is 1. The zero-order chi connectivity index (χ0) is 13.8. The molecule has 1 aliphatic heterocycles. The van der Waals surface area contributed by atoms with Gasteiger partial charge in [0.1, 0.15) is 0 Å². The first-order valence-electron chi connectivity index (χ1n) is 7.08. The molecular weight excluding hydrogens is 258 g/mol. The minimum absolute atomic E-state index is 0.473. The van der Waals surface area contributed by atoms with E-state index in [1.54, 1.807) is 0 Å². The lowest BCUT2D eigenvalue weighted by atomic mass is 10.3. The molecule has 1 aliphatic rings. The van der Waals surface area contributed by atoms with E-state index in [0.29, 0.717) is 16.5 Å². The SMILES string of the molecule is CC(C)NCc1cc(CN2CC(C)SC(C)C2)on1. The average molecular weight is 283 g/mol. The molecule has 1 saturated heterocycles. The number of hydrogen-bond acceptors (Lipinski definition) is 5. The summed E-state index contributed by atoms with van der Waals surface area (Å²) in [7, 11) is 0. The van der Waals surface area contributed by atoms with Gasteiger partial charge in [-0.1, -0.05) is 32.9 Å². The van der Waals surface area contributed by atoms with E-state index in [9.17, 15) is 0 Å². The van der Waals surface area contributed by atoms with Gasteiger partial charge < -0.3 is 9.84 Å². The first kappa shape index (κ1) is 14.9. The Morgan fingerprint density at radius 1 is 1.42 bits per heavy atom. The van der Waals surface area contributed by atoms with Gasteiger partial charge >= 0.3 is 0 Å². The largest absolute Gasteiger partial charge is 0.360 e. The third-order valence-electron chi connectivity index (χ3n) is 3.17. The van der Waals surface area contributed by atoms with Crippen LogP contribution in [0.15, 0.2) is 10.6 Å². The van der Waals surface area contributed by atoms with E-state index in [1.807, 2.05) is 0 Å². The molecule has 5 heteroatoms. The van der Waals surface area contributed by atoms with Crippen LogP contribution in [0, 0.1) is 0 Å². The van der Waals surface area contributed by atoms with Gasteiger partial charge in [-0.3, -0.25) is 4.90 Å². The molecule has 108 valence electrons. The van der Waals surface area contributed by atoms with E-state index < -0.39 is 0 Å². The molecule has 2 unspecified atom stereocenters. The highest BCUT2D eigenvalue weighted by Crippen LogP contribution is 2.25. The minimum atomic E-state index is 0.473. The summed E-state index contributed by atoms with van der Waals surface area (Å²) in [6, 6.07) is 2.55. The summed E-state index contributed by atoms with van der Waals surface area (Å²) >= 11 is 2.07. The molecule has 4 nitrogen and oxygen atoms in total. The average Bonchev–Trinajstić information content (AvgIpc) is 2.72. The van der Waals surface area contributed by atoms with Crippen LogP contribution in [0.1, 0.15) is 39.1 Å². The van der Waals surface area contributed by atoms with Crippen molar-refractivity contribution >= 4 is 11.8 Å². The predicted molar refractivity (Wildman–Crippen MR) is 80.3 cm³/mol. The van der Waals surface area contributed by atoms with Crippen LogP contribution < -0.4 is 5.32 Å². The Balaban J connectivity index is 1.85. The smallest absolute Gasteiger partial charge is 0.151 e. The molecule has 1 N–H and O–H groups in total. The molecule has 2 rings (SSSR count). The van der Waals surface area contributed by atoms with Gasteiger partial charge in [-0.15, -0.1) is 0 Å². The van der Waals surface area contributed by atoms with Crippen LogP contribution in [0.3, 0.4) is 0 Å². The van der Waals surface area contributed by atoms with Crippen molar-refractivity contribution in [2.75, 3.05) is 13.1 Å². The molecular formula is C14H25N3OS. The second-order valence-corrected chi connectivity index (χ2v) is 7.65. The van der Waals surface area contributed by atoms with Gasteiger partial charge in [-0.05, 0) is 0 Å². The minimum Gasteiger partial charge on any atom is -0.360 e. The quantitative estimate of drug-likeness (QED) is 0.899. The molecule has 19 heavy (non-hydrogen) atoms. The maximum atomic E-state index is 5.43. The Bertz CT molecular complexity index is 384. The number of rotatable bonds is 5. The summed E-state index contributed by atoms with van der Waals surface area (Å²) in [6.07, 6.45) is 0. The van der Waals surface area contributed by atoms with Crippen molar-refractivity contribution in [1.82, 2.24) is 15.4 Å². The molecule has 0 aromatic carbocycles. The summed E-state index contributed by atoms with van der Waals surface area (Å²) < 4.78 is 5.43. The molecule has 1 aromatic heterocycles. The fraction of sp³-hybridized carbons (Fsp3) is 0.786. The van der Waals surface area contributed by atoms with Gasteiger partial charge in [-0.2, -0.15) is 11.8 Å². The second-order valence-electron chi connectivity index (χ2n) is 5.77. The predicted octanol–water partition coefficient (Wildman–Crippen LogP) is 2.50. The van der Waals surface area contributed by atoms with Crippen LogP contribution in [0.4, 0.5) is 0 Å². The molecule has 0 amide bonds. The van der Waals surface area contributed by atoms with E-state index in [2.05, 4.69) is 60.9 Å². The highest BCUT2D eigenvalue weighted by atomic mass is 32.2. The van der Waals surface area contributed by atoms with Crippen LogP contribution in [-0.2, 0) is 13.1 Å². The van der Waals surface area contributed by atoms with E-state index in [0.717, 1.165) is 37.6 Å². The van der Waals surface area contributed by atoms with Crippen molar-refractivity contribution in [2.24, 2.45) is 0 Å². The van der Waals surface area contributed by atoms with Gasteiger partial charge in [0.15, 0.2) is 5.76 Å². The van der Waals surface area contributed by atoms with Crippen molar-refractivity contribution in [1.29, 1.82) is 0 Å². The van der Waals surface area contributed by atoms with E-state index >= 15 is 0 Å². The summed E-state index contributed by atoms with van der Waals surface area (Å²) in [5.41, 5.74) is 0.996. The third kappa shape index (κ3) is 4.82. The summed E-state index contributed by atoms with van der Waals surface area (Å²) in [4.78, 5) is 2.46. The molecule has 2 heterocycles. The van der Waals surface area contributed by atoms with E-state index in [-0.39, 0.29) is 0 Å². The monoisotopic (exact) mass is 283 g/mol. The van der Waals surface area contributed by atoms with Crippen molar-refractivity contribution < 1.29 is 4.52 Å². The Hall–Kier alpha value is -0.520. The van der Waals surface area contributed by atoms with Crippen LogP contribution in [0.5, 0.6) is 0 Å². The topological polar surface area (TPSA) is 41.3 Å². The Morgan fingerprint density at radius 3 is 2.74 bits per heavy atom. The van der Waals surface area contributed by atoms with Gasteiger partial charge in [-0.25, -0.2) is 0 Å². The summed E-state index contributed by atoms with van der Waals surface area (Å²) in [5.74, 6) is 0.979. The molecule has 0 spiro atoms. The number of thioether (sulfide) groups is 1. The number of nitrogens with zero attached hydrogens (tertiary/aromatic N) is 2. The molecule has 2 atom stereocenters. The van der Waals surface area contributed by atoms with E-state index in [4.69, 9.17) is 4.52 Å². The molecule has 1 fully saturated rings. The van der Waals surface area contributed by atoms with Crippen LogP contribution >= 0.6 is 11.8 Å². The molecule has 0 radical (unpaired) electrons. The van der Waals surface area contributed by atoms with Gasteiger partial charge in [0, 0.05) is 42.2 Å². The van der Waals surface area contributed by atoms with Crippen molar-refractivity contribution in [3.63, 3.8) is 0 Å². The Kier molecular flexibility index (Phi) is 5.30. The normalized spacial score (nSPS) is 25.1. The maximum absolute atomic E-state index is 5.43. The zero-order valence-corrected chi connectivity index (χ0v) is 13.2. The zero-order valence-electron chi connectivity index (χ0n) is 12.3. The fourth-order valence-corrected chi connectivity index (χ4v) is 3.84. The van der Waals surface area contributed by atoms with Crippen molar-refractivity contribution in [2.45, 2.75) is 57.3 Å². The lowest BCUT2D eigenvalue weighted by Crippen LogP contribution is -2.39. The van der Waals surface area contributed by atoms with Gasteiger partial charge in [0.05, 0.1) is 12.2 Å². The Morgan fingerprint density at radius 2 is 2.11 bits per heavy atom. The number of nitrogens with one attached hydrogen (secondary N) is 1. The summed E-state index contributed by atoms with van der Waals surface area (Å²) in [6.45, 7) is 12.8. The lowest BCUT2D eigenvalue weighted by Gasteiger charge is -2.33. The Labute approximate surface area is 120 Å². The van der Waals surface area contributed by atoms with Crippen LogP contribution in [0.2, 0.25) is 0 Å².